The maximum absolute atomic E-state index is 6.10. The van der Waals surface area contributed by atoms with E-state index in [0.717, 1.165) is 45.7 Å². The SMILES string of the molecule is CCc1ccc(OCc2ccc(-c3nc4c5c(ncn4n3)Oc3n[nH]c(C)c3[C@@H]5c3cnn(C)c3)cc2)cc1. The Kier molecular flexibility index (Phi) is 5.39. The van der Waals surface area contributed by atoms with Gasteiger partial charge in [0.1, 0.15) is 18.7 Å². The molecule has 5 heterocycles. The number of rotatable bonds is 6. The molecule has 1 aliphatic heterocycles. The largest absolute Gasteiger partial charge is 0.489 e. The Morgan fingerprint density at radius 1 is 1.00 bits per heavy atom. The van der Waals surface area contributed by atoms with Crippen LogP contribution in [0.25, 0.3) is 17.0 Å². The fourth-order valence-corrected chi connectivity index (χ4v) is 5.05. The Hall–Kier alpha value is -4.99. The molecule has 0 fully saturated rings. The van der Waals surface area contributed by atoms with Crippen LogP contribution in [-0.4, -0.2) is 39.6 Å². The van der Waals surface area contributed by atoms with E-state index in [-0.39, 0.29) is 5.92 Å². The normalized spacial score (nSPS) is 14.2. The molecule has 6 aromatic rings. The third-order valence-corrected chi connectivity index (χ3v) is 7.12. The van der Waals surface area contributed by atoms with Gasteiger partial charge < -0.3 is 9.47 Å². The highest BCUT2D eigenvalue weighted by Gasteiger charge is 2.37. The molecule has 194 valence electrons. The molecule has 4 aromatic heterocycles. The van der Waals surface area contributed by atoms with Gasteiger partial charge in [-0.05, 0) is 36.6 Å². The molecule has 0 amide bonds. The van der Waals surface area contributed by atoms with Gasteiger partial charge in [-0.15, -0.1) is 10.2 Å². The van der Waals surface area contributed by atoms with E-state index < -0.39 is 0 Å². The maximum Gasteiger partial charge on any atom is 0.244 e. The predicted octanol–water partition coefficient (Wildman–Crippen LogP) is 4.98. The van der Waals surface area contributed by atoms with E-state index in [1.807, 2.05) is 62.8 Å². The van der Waals surface area contributed by atoms with Crippen LogP contribution in [0.3, 0.4) is 0 Å². The summed E-state index contributed by atoms with van der Waals surface area (Å²) >= 11 is 0. The van der Waals surface area contributed by atoms with E-state index in [9.17, 15) is 0 Å². The number of hydrogen-bond donors (Lipinski definition) is 1. The molecule has 7 rings (SSSR count). The summed E-state index contributed by atoms with van der Waals surface area (Å²) in [6, 6.07) is 16.3. The summed E-state index contributed by atoms with van der Waals surface area (Å²) in [4.78, 5) is 9.51. The molecule has 10 heteroatoms. The van der Waals surface area contributed by atoms with Crippen LogP contribution in [0.15, 0.2) is 67.3 Å². The first-order valence-electron chi connectivity index (χ1n) is 12.8. The smallest absolute Gasteiger partial charge is 0.244 e. The van der Waals surface area contributed by atoms with Crippen LogP contribution < -0.4 is 9.47 Å². The number of aromatic amines is 1. The second kappa shape index (κ2) is 9.09. The minimum absolute atomic E-state index is 0.199. The Morgan fingerprint density at radius 2 is 1.79 bits per heavy atom. The molecule has 10 nitrogen and oxygen atoms in total. The highest BCUT2D eigenvalue weighted by Crippen LogP contribution is 2.48. The summed E-state index contributed by atoms with van der Waals surface area (Å²) in [6.45, 7) is 4.61. The van der Waals surface area contributed by atoms with Gasteiger partial charge in [-0.2, -0.15) is 5.10 Å². The Morgan fingerprint density at radius 3 is 2.54 bits per heavy atom. The summed E-state index contributed by atoms with van der Waals surface area (Å²) in [5.41, 5.74) is 7.64. The van der Waals surface area contributed by atoms with Gasteiger partial charge in [-0.1, -0.05) is 43.3 Å². The molecule has 0 spiro atoms. The van der Waals surface area contributed by atoms with Crippen molar-refractivity contribution < 1.29 is 9.47 Å². The van der Waals surface area contributed by atoms with E-state index in [1.54, 1.807) is 15.5 Å². The lowest BCUT2D eigenvalue weighted by Crippen LogP contribution is -2.14. The third kappa shape index (κ3) is 4.01. The topological polar surface area (TPSA) is 108 Å². The number of ether oxygens (including phenoxy) is 2. The van der Waals surface area contributed by atoms with E-state index >= 15 is 0 Å². The number of nitrogens with zero attached hydrogens (tertiary/aromatic N) is 7. The molecule has 0 saturated carbocycles. The molecule has 2 aromatic carbocycles. The quantitative estimate of drug-likeness (QED) is 0.331. The second-order valence-corrected chi connectivity index (χ2v) is 9.70. The zero-order valence-electron chi connectivity index (χ0n) is 21.8. The third-order valence-electron chi connectivity index (χ3n) is 7.12. The lowest BCUT2D eigenvalue weighted by Gasteiger charge is -2.24. The van der Waals surface area contributed by atoms with Crippen LogP contribution in [0, 0.1) is 6.92 Å². The van der Waals surface area contributed by atoms with Crippen LogP contribution in [0.5, 0.6) is 17.5 Å². The van der Waals surface area contributed by atoms with Gasteiger partial charge in [0.2, 0.25) is 11.8 Å². The van der Waals surface area contributed by atoms with Crippen LogP contribution in [0.2, 0.25) is 0 Å². The van der Waals surface area contributed by atoms with Crippen molar-refractivity contribution in [1.29, 1.82) is 0 Å². The van der Waals surface area contributed by atoms with Gasteiger partial charge in [-0.3, -0.25) is 9.78 Å². The average Bonchev–Trinajstić information content (AvgIpc) is 3.69. The molecule has 0 aliphatic carbocycles. The first-order chi connectivity index (χ1) is 19.1. The minimum Gasteiger partial charge on any atom is -0.489 e. The fraction of sp³-hybridized carbons (Fsp3) is 0.207. The number of aromatic nitrogens is 8. The van der Waals surface area contributed by atoms with Gasteiger partial charge in [-0.25, -0.2) is 14.5 Å². The maximum atomic E-state index is 6.10. The molecule has 1 atom stereocenters. The minimum atomic E-state index is -0.199. The van der Waals surface area contributed by atoms with Gasteiger partial charge in [0, 0.05) is 35.6 Å². The summed E-state index contributed by atoms with van der Waals surface area (Å²) < 4.78 is 15.6. The van der Waals surface area contributed by atoms with Crippen molar-refractivity contribution in [2.75, 3.05) is 0 Å². The molecule has 1 N–H and O–H groups in total. The first kappa shape index (κ1) is 23.2. The van der Waals surface area contributed by atoms with Crippen molar-refractivity contribution in [2.24, 2.45) is 7.05 Å². The molecule has 1 aliphatic rings. The fourth-order valence-electron chi connectivity index (χ4n) is 5.05. The van der Waals surface area contributed by atoms with Crippen molar-refractivity contribution in [1.82, 2.24) is 39.6 Å². The number of nitrogens with one attached hydrogen (secondary N) is 1. The van der Waals surface area contributed by atoms with Crippen molar-refractivity contribution in [3.05, 3.63) is 101 Å². The summed E-state index contributed by atoms with van der Waals surface area (Å²) in [7, 11) is 1.90. The van der Waals surface area contributed by atoms with E-state index in [4.69, 9.17) is 19.6 Å². The molecule has 39 heavy (non-hydrogen) atoms. The highest BCUT2D eigenvalue weighted by molar-refractivity contribution is 5.68. The first-order valence-corrected chi connectivity index (χ1v) is 12.8. The van der Waals surface area contributed by atoms with Gasteiger partial charge in [0.15, 0.2) is 11.5 Å². The van der Waals surface area contributed by atoms with Gasteiger partial charge >= 0.3 is 0 Å². The number of aryl methyl sites for hydroxylation is 3. The molecule has 0 radical (unpaired) electrons. The average molecular weight is 519 g/mol. The Bertz CT molecular complexity index is 1800. The lowest BCUT2D eigenvalue weighted by atomic mass is 9.86. The van der Waals surface area contributed by atoms with Crippen molar-refractivity contribution in [3.63, 3.8) is 0 Å². The summed E-state index contributed by atoms with van der Waals surface area (Å²) in [5, 5.41) is 16.5. The van der Waals surface area contributed by atoms with E-state index in [2.05, 4.69) is 39.3 Å². The molecule has 0 saturated heterocycles. The predicted molar refractivity (Wildman–Crippen MR) is 144 cm³/mol. The van der Waals surface area contributed by atoms with Crippen LogP contribution >= 0.6 is 0 Å². The van der Waals surface area contributed by atoms with Gasteiger partial charge in [0.25, 0.3) is 0 Å². The highest BCUT2D eigenvalue weighted by atomic mass is 16.5. The number of hydrogen-bond acceptors (Lipinski definition) is 7. The Balaban J connectivity index is 1.21. The van der Waals surface area contributed by atoms with Crippen LogP contribution in [0.4, 0.5) is 0 Å². The Labute approximate surface area is 224 Å². The van der Waals surface area contributed by atoms with Crippen LogP contribution in [-0.2, 0) is 20.1 Å². The summed E-state index contributed by atoms with van der Waals surface area (Å²) in [5.74, 6) is 2.25. The zero-order valence-corrected chi connectivity index (χ0v) is 21.8. The zero-order chi connectivity index (χ0) is 26.5. The molecular weight excluding hydrogens is 492 g/mol. The molecule has 0 unspecified atom stereocenters. The molecule has 0 bridgehead atoms. The van der Waals surface area contributed by atoms with E-state index in [0.29, 0.717) is 29.8 Å². The second-order valence-electron chi connectivity index (χ2n) is 9.70. The molecular formula is C29H26N8O2. The summed E-state index contributed by atoms with van der Waals surface area (Å²) in [6.07, 6.45) is 6.49. The van der Waals surface area contributed by atoms with E-state index in [1.165, 1.54) is 5.56 Å². The standard InChI is InChI=1S/C29H26N8O2/c1-4-18-7-11-22(12-8-18)38-15-19-5-9-20(10-6-19)26-32-27-25-24(21-13-31-36(3)14-21)23-17(2)33-34-29(23)39-28(25)30-16-37(27)35-26/h5-14,16,24H,4,15H2,1-3H3,(H,33,34)/t24-/m0/s1. The number of H-pyrrole nitrogens is 1. The monoisotopic (exact) mass is 518 g/mol. The van der Waals surface area contributed by atoms with Gasteiger partial charge in [0.05, 0.1) is 17.7 Å². The van der Waals surface area contributed by atoms with Crippen molar-refractivity contribution in [2.45, 2.75) is 32.8 Å². The van der Waals surface area contributed by atoms with Crippen molar-refractivity contribution >= 4 is 5.65 Å². The number of fused-ring (bicyclic) bond motifs is 4. The van der Waals surface area contributed by atoms with Crippen LogP contribution in [0.1, 0.15) is 46.4 Å². The van der Waals surface area contributed by atoms with Crippen molar-refractivity contribution in [3.8, 4) is 28.9 Å². The lowest BCUT2D eigenvalue weighted by molar-refractivity contribution is 0.306. The number of benzene rings is 2.